The molecule has 0 heterocycles. The van der Waals surface area contributed by atoms with E-state index in [1.54, 1.807) is 0 Å². The van der Waals surface area contributed by atoms with E-state index in [1.165, 1.54) is 38.5 Å². The van der Waals surface area contributed by atoms with Crippen molar-refractivity contribution in [1.82, 2.24) is 5.32 Å². The van der Waals surface area contributed by atoms with Crippen LogP contribution in [0.15, 0.2) is 30.3 Å². The Morgan fingerprint density at radius 2 is 1.61 bits per heavy atom. The van der Waals surface area contributed by atoms with E-state index >= 15 is 0 Å². The highest BCUT2D eigenvalue weighted by Gasteiger charge is 2.53. The number of aliphatic hydroxyl groups excluding tert-OH is 1. The second-order valence-electron chi connectivity index (χ2n) is 8.32. The summed E-state index contributed by atoms with van der Waals surface area (Å²) in [5.41, 5.74) is 1.19. The molecule has 1 aromatic carbocycles. The first-order chi connectivity index (χ1) is 11.1. The smallest absolute Gasteiger partial charge is 0.0988 e. The largest absolute Gasteiger partial charge is 0.386 e. The Hall–Kier alpha value is -0.930. The van der Waals surface area contributed by atoms with Crippen LogP contribution < -0.4 is 5.32 Å². The van der Waals surface area contributed by atoms with Crippen LogP contribution in [0, 0.1) is 23.2 Å². The molecule has 2 atom stereocenters. The zero-order chi connectivity index (χ0) is 16.0. The van der Waals surface area contributed by atoms with Crippen molar-refractivity contribution in [3.63, 3.8) is 0 Å². The van der Waals surface area contributed by atoms with Crippen LogP contribution in [0.25, 0.3) is 0 Å². The Morgan fingerprint density at radius 3 is 2.13 bits per heavy atom. The second kappa shape index (κ2) is 5.86. The van der Waals surface area contributed by atoms with E-state index in [0.717, 1.165) is 28.3 Å². The molecular formula is C20H27NOS. The summed E-state index contributed by atoms with van der Waals surface area (Å²) in [6.07, 6.45) is 7.62. The molecule has 0 aromatic heterocycles. The third-order valence-electron chi connectivity index (χ3n) is 6.49. The second-order valence-corrected chi connectivity index (χ2v) is 8.72. The van der Waals surface area contributed by atoms with Crippen molar-refractivity contribution in [2.45, 2.75) is 57.6 Å². The molecule has 0 spiro atoms. The molecule has 4 saturated carbocycles. The van der Waals surface area contributed by atoms with E-state index < -0.39 is 6.10 Å². The first kappa shape index (κ1) is 15.6. The van der Waals surface area contributed by atoms with Gasteiger partial charge in [0.2, 0.25) is 0 Å². The number of aliphatic hydroxyl groups is 1. The molecule has 4 aliphatic carbocycles. The maximum absolute atomic E-state index is 10.6. The van der Waals surface area contributed by atoms with Crippen LogP contribution in [-0.4, -0.2) is 16.1 Å². The summed E-state index contributed by atoms with van der Waals surface area (Å²) in [6, 6.07) is 9.85. The molecule has 4 aliphatic rings. The highest BCUT2D eigenvalue weighted by Crippen LogP contribution is 2.60. The average molecular weight is 330 g/mol. The van der Waals surface area contributed by atoms with Crippen LogP contribution in [0.4, 0.5) is 0 Å². The molecule has 124 valence electrons. The van der Waals surface area contributed by atoms with E-state index in [2.05, 4.69) is 5.32 Å². The first-order valence-corrected chi connectivity index (χ1v) is 9.50. The Balaban J connectivity index is 1.45. The molecule has 1 aromatic rings. The predicted octanol–water partition coefficient (Wildman–Crippen LogP) is 4.24. The Labute approximate surface area is 144 Å². The topological polar surface area (TPSA) is 32.3 Å². The van der Waals surface area contributed by atoms with Gasteiger partial charge in [-0.2, -0.15) is 0 Å². The molecule has 23 heavy (non-hydrogen) atoms. The fourth-order valence-corrected chi connectivity index (χ4v) is 6.20. The van der Waals surface area contributed by atoms with Crippen molar-refractivity contribution in [3.05, 3.63) is 35.9 Å². The Morgan fingerprint density at radius 1 is 1.09 bits per heavy atom. The molecule has 4 fully saturated rings. The van der Waals surface area contributed by atoms with Crippen molar-refractivity contribution >= 4 is 17.2 Å². The number of thiocarbonyl (C=S) groups is 1. The van der Waals surface area contributed by atoms with E-state index in [4.69, 9.17) is 12.2 Å². The number of nitrogens with one attached hydrogen (secondary N) is 1. The van der Waals surface area contributed by atoms with Gasteiger partial charge in [0.05, 0.1) is 17.1 Å². The number of hydrogen-bond donors (Lipinski definition) is 2. The van der Waals surface area contributed by atoms with Gasteiger partial charge in [-0.3, -0.25) is 0 Å². The van der Waals surface area contributed by atoms with Crippen LogP contribution in [0.3, 0.4) is 0 Å². The summed E-state index contributed by atoms with van der Waals surface area (Å²) in [5.74, 6) is 2.70. The maximum Gasteiger partial charge on any atom is 0.0988 e. The van der Waals surface area contributed by atoms with E-state index in [1.807, 2.05) is 37.3 Å². The lowest BCUT2D eigenvalue weighted by atomic mass is 9.49. The zero-order valence-electron chi connectivity index (χ0n) is 13.9. The lowest BCUT2D eigenvalue weighted by Crippen LogP contribution is -2.54. The van der Waals surface area contributed by atoms with Crippen LogP contribution in [0.5, 0.6) is 0 Å². The Bertz CT molecular complexity index is 549. The minimum Gasteiger partial charge on any atom is -0.386 e. The van der Waals surface area contributed by atoms with Crippen molar-refractivity contribution in [1.29, 1.82) is 0 Å². The van der Waals surface area contributed by atoms with E-state index in [-0.39, 0.29) is 11.5 Å². The summed E-state index contributed by atoms with van der Waals surface area (Å²) in [7, 11) is 0. The molecule has 0 radical (unpaired) electrons. The Kier molecular flexibility index (Phi) is 3.97. The average Bonchev–Trinajstić information content (AvgIpc) is 2.53. The third-order valence-corrected chi connectivity index (χ3v) is 7.04. The van der Waals surface area contributed by atoms with Gasteiger partial charge in [0, 0.05) is 5.41 Å². The number of benzene rings is 1. The number of rotatable bonds is 4. The molecular weight excluding hydrogens is 302 g/mol. The van der Waals surface area contributed by atoms with E-state index in [0.29, 0.717) is 0 Å². The monoisotopic (exact) mass is 329 g/mol. The van der Waals surface area contributed by atoms with Gasteiger partial charge in [-0.15, -0.1) is 0 Å². The first-order valence-electron chi connectivity index (χ1n) is 9.10. The quantitative estimate of drug-likeness (QED) is 0.810. The van der Waals surface area contributed by atoms with Gasteiger partial charge in [-0.1, -0.05) is 42.5 Å². The van der Waals surface area contributed by atoms with Crippen LogP contribution in [0.2, 0.25) is 0 Å². The van der Waals surface area contributed by atoms with Crippen molar-refractivity contribution in [2.75, 3.05) is 0 Å². The minimum absolute atomic E-state index is 0.0436. The molecule has 0 aliphatic heterocycles. The summed E-state index contributed by atoms with van der Waals surface area (Å²) >= 11 is 5.87. The normalized spacial score (nSPS) is 37.4. The van der Waals surface area contributed by atoms with Crippen molar-refractivity contribution in [2.24, 2.45) is 23.2 Å². The van der Waals surface area contributed by atoms with Gasteiger partial charge < -0.3 is 10.4 Å². The van der Waals surface area contributed by atoms with Gasteiger partial charge in [-0.25, -0.2) is 0 Å². The fourth-order valence-electron chi connectivity index (χ4n) is 5.77. The molecule has 0 saturated heterocycles. The summed E-state index contributed by atoms with van der Waals surface area (Å²) in [4.78, 5) is 1.03. The molecule has 5 rings (SSSR count). The molecule has 4 bridgehead atoms. The van der Waals surface area contributed by atoms with Gasteiger partial charge in [0.15, 0.2) is 0 Å². The van der Waals surface area contributed by atoms with E-state index in [9.17, 15) is 5.11 Å². The van der Waals surface area contributed by atoms with Gasteiger partial charge >= 0.3 is 0 Å². The third kappa shape index (κ3) is 2.83. The zero-order valence-corrected chi connectivity index (χ0v) is 14.7. The number of hydrogen-bond acceptors (Lipinski definition) is 2. The summed E-state index contributed by atoms with van der Waals surface area (Å²) < 4.78 is 0. The SMILES string of the molecule is CC(NC(=S)C12CC3CC(CC(C3)C1)C2)C(O)c1ccccc1. The van der Waals surface area contributed by atoms with Crippen LogP contribution >= 0.6 is 12.2 Å². The predicted molar refractivity (Wildman–Crippen MR) is 97.2 cm³/mol. The van der Waals surface area contributed by atoms with Gasteiger partial charge in [0.1, 0.15) is 0 Å². The van der Waals surface area contributed by atoms with Crippen LogP contribution in [0.1, 0.15) is 57.1 Å². The van der Waals surface area contributed by atoms with Gasteiger partial charge in [-0.05, 0) is 68.8 Å². The highest BCUT2D eigenvalue weighted by atomic mass is 32.1. The van der Waals surface area contributed by atoms with Crippen molar-refractivity contribution < 1.29 is 5.11 Å². The molecule has 2 N–H and O–H groups in total. The molecule has 0 amide bonds. The van der Waals surface area contributed by atoms with Gasteiger partial charge in [0.25, 0.3) is 0 Å². The summed E-state index contributed by atoms with van der Waals surface area (Å²) in [6.45, 7) is 2.05. The molecule has 2 unspecified atom stereocenters. The maximum atomic E-state index is 10.6. The van der Waals surface area contributed by atoms with Crippen LogP contribution in [-0.2, 0) is 0 Å². The lowest BCUT2D eigenvalue weighted by Gasteiger charge is -2.57. The van der Waals surface area contributed by atoms with Crippen molar-refractivity contribution in [3.8, 4) is 0 Å². The molecule has 3 heteroatoms. The molecule has 2 nitrogen and oxygen atoms in total. The summed E-state index contributed by atoms with van der Waals surface area (Å²) in [5, 5.41) is 14.1. The minimum atomic E-state index is -0.511. The standard InChI is InChI=1S/C20H27NOS/c1-13(18(22)17-5-3-2-4-6-17)21-19(23)20-10-14-7-15(11-20)9-16(8-14)12-20/h2-6,13-16,18,22H,7-12H2,1H3,(H,21,23). The highest BCUT2D eigenvalue weighted by molar-refractivity contribution is 7.80. The fraction of sp³-hybridized carbons (Fsp3) is 0.650. The lowest BCUT2D eigenvalue weighted by molar-refractivity contribution is -0.0134.